The van der Waals surface area contributed by atoms with E-state index in [1.54, 1.807) is 37.5 Å². The second kappa shape index (κ2) is 8.72. The number of hydrogen-bond acceptors (Lipinski definition) is 6. The average Bonchev–Trinajstić information content (AvgIpc) is 2.77. The number of nitrogens with zero attached hydrogens (tertiary/aromatic N) is 4. The van der Waals surface area contributed by atoms with Gasteiger partial charge in [-0.1, -0.05) is 23.7 Å². The van der Waals surface area contributed by atoms with Crippen molar-refractivity contribution in [2.24, 2.45) is 0 Å². The van der Waals surface area contributed by atoms with Crippen LogP contribution in [0.5, 0.6) is 0 Å². The molecule has 3 aromatic rings. The van der Waals surface area contributed by atoms with Crippen molar-refractivity contribution in [3.63, 3.8) is 0 Å². The molecule has 0 radical (unpaired) electrons. The minimum atomic E-state index is -0.317. The zero-order valence-electron chi connectivity index (χ0n) is 17.4. The molecule has 164 valence electrons. The maximum atomic E-state index is 13.0. The fraction of sp³-hybridized carbons (Fsp3) is 0.182. The van der Waals surface area contributed by atoms with Crippen LogP contribution in [0.25, 0.3) is 0 Å². The highest BCUT2D eigenvalue weighted by atomic mass is 35.5. The van der Waals surface area contributed by atoms with Crippen LogP contribution >= 0.6 is 11.6 Å². The van der Waals surface area contributed by atoms with E-state index in [-0.39, 0.29) is 24.4 Å². The SMILES string of the molecule is CN1C(=O)N(c2cc(NC(=O)CCc3cccc(N)c3)ccc2Cl)Cc2cnc(N)nc21. The largest absolute Gasteiger partial charge is 0.399 e. The summed E-state index contributed by atoms with van der Waals surface area (Å²) in [5.74, 6) is 0.399. The molecule has 1 aliphatic heterocycles. The van der Waals surface area contributed by atoms with Gasteiger partial charge < -0.3 is 16.8 Å². The Balaban J connectivity index is 1.50. The molecule has 0 saturated heterocycles. The van der Waals surface area contributed by atoms with Gasteiger partial charge in [-0.15, -0.1) is 0 Å². The molecule has 2 heterocycles. The molecular weight excluding hydrogens is 430 g/mol. The van der Waals surface area contributed by atoms with Crippen molar-refractivity contribution < 1.29 is 9.59 Å². The minimum Gasteiger partial charge on any atom is -0.399 e. The fourth-order valence-corrected chi connectivity index (χ4v) is 3.76. The molecule has 2 aromatic carbocycles. The van der Waals surface area contributed by atoms with Gasteiger partial charge in [0.25, 0.3) is 0 Å². The van der Waals surface area contributed by atoms with Crippen molar-refractivity contribution in [2.45, 2.75) is 19.4 Å². The molecule has 3 amide bonds. The van der Waals surface area contributed by atoms with Crippen LogP contribution in [0.4, 0.5) is 33.6 Å². The summed E-state index contributed by atoms with van der Waals surface area (Å²) in [4.78, 5) is 36.5. The highest BCUT2D eigenvalue weighted by Crippen LogP contribution is 2.35. The third-order valence-electron chi connectivity index (χ3n) is 5.14. The number of anilines is 5. The first-order valence-electron chi connectivity index (χ1n) is 9.92. The van der Waals surface area contributed by atoms with Crippen LogP contribution in [0.3, 0.4) is 0 Å². The fourth-order valence-electron chi connectivity index (χ4n) is 3.54. The van der Waals surface area contributed by atoms with Crippen molar-refractivity contribution >= 4 is 52.4 Å². The Hall–Kier alpha value is -3.85. The van der Waals surface area contributed by atoms with Gasteiger partial charge in [-0.3, -0.25) is 14.6 Å². The Morgan fingerprint density at radius 2 is 2.03 bits per heavy atom. The predicted octanol–water partition coefficient (Wildman–Crippen LogP) is 3.44. The number of nitrogens with two attached hydrogens (primary N) is 2. The van der Waals surface area contributed by atoms with Crippen LogP contribution in [0, 0.1) is 0 Å². The molecule has 0 aliphatic carbocycles. The van der Waals surface area contributed by atoms with E-state index >= 15 is 0 Å². The maximum Gasteiger partial charge on any atom is 0.330 e. The maximum absolute atomic E-state index is 13.0. The first-order chi connectivity index (χ1) is 15.3. The number of aryl methyl sites for hydroxylation is 1. The van der Waals surface area contributed by atoms with Crippen LogP contribution in [0.15, 0.2) is 48.7 Å². The number of urea groups is 1. The van der Waals surface area contributed by atoms with Gasteiger partial charge in [-0.05, 0) is 42.3 Å². The summed E-state index contributed by atoms with van der Waals surface area (Å²) in [5, 5.41) is 3.24. The van der Waals surface area contributed by atoms with E-state index < -0.39 is 0 Å². The summed E-state index contributed by atoms with van der Waals surface area (Å²) in [5.41, 5.74) is 14.8. The Labute approximate surface area is 190 Å². The molecule has 0 fully saturated rings. The van der Waals surface area contributed by atoms with Crippen LogP contribution in [-0.4, -0.2) is 29.0 Å². The number of nitrogens with one attached hydrogen (secondary N) is 1. The monoisotopic (exact) mass is 451 g/mol. The highest BCUT2D eigenvalue weighted by Gasteiger charge is 2.31. The van der Waals surface area contributed by atoms with E-state index in [0.29, 0.717) is 40.7 Å². The van der Waals surface area contributed by atoms with Crippen LogP contribution in [-0.2, 0) is 17.8 Å². The van der Waals surface area contributed by atoms with Crippen LogP contribution < -0.4 is 26.6 Å². The third kappa shape index (κ3) is 4.42. The molecule has 0 spiro atoms. The van der Waals surface area contributed by atoms with E-state index in [1.165, 1.54) is 9.80 Å². The highest BCUT2D eigenvalue weighted by molar-refractivity contribution is 6.34. The Kier molecular flexibility index (Phi) is 5.83. The number of hydrogen-bond donors (Lipinski definition) is 3. The molecule has 32 heavy (non-hydrogen) atoms. The molecule has 9 nitrogen and oxygen atoms in total. The van der Waals surface area contributed by atoms with E-state index in [4.69, 9.17) is 23.1 Å². The predicted molar refractivity (Wildman–Crippen MR) is 126 cm³/mol. The van der Waals surface area contributed by atoms with E-state index in [9.17, 15) is 9.59 Å². The minimum absolute atomic E-state index is 0.0952. The molecule has 1 aromatic heterocycles. The Morgan fingerprint density at radius 3 is 2.81 bits per heavy atom. The number of carbonyl (C=O) groups is 2. The summed E-state index contributed by atoms with van der Waals surface area (Å²) in [6.07, 6.45) is 2.44. The van der Waals surface area contributed by atoms with Gasteiger partial charge in [-0.2, -0.15) is 4.98 Å². The molecule has 0 saturated carbocycles. The number of halogens is 1. The van der Waals surface area contributed by atoms with Gasteiger partial charge in [0.2, 0.25) is 11.9 Å². The average molecular weight is 452 g/mol. The Morgan fingerprint density at radius 1 is 1.22 bits per heavy atom. The summed E-state index contributed by atoms with van der Waals surface area (Å²) < 4.78 is 0. The number of benzene rings is 2. The van der Waals surface area contributed by atoms with E-state index in [0.717, 1.165) is 11.1 Å². The van der Waals surface area contributed by atoms with Crippen molar-refractivity contribution in [3.05, 3.63) is 64.8 Å². The van der Waals surface area contributed by atoms with Crippen molar-refractivity contribution in [1.29, 1.82) is 0 Å². The van der Waals surface area contributed by atoms with Crippen LogP contribution in [0.1, 0.15) is 17.5 Å². The van der Waals surface area contributed by atoms with Gasteiger partial charge >= 0.3 is 6.03 Å². The third-order valence-corrected chi connectivity index (χ3v) is 5.46. The Bertz CT molecular complexity index is 1200. The number of carbonyl (C=O) groups excluding carboxylic acids is 2. The molecule has 0 atom stereocenters. The molecule has 0 bridgehead atoms. The molecule has 5 N–H and O–H groups in total. The molecule has 10 heteroatoms. The van der Waals surface area contributed by atoms with Gasteiger partial charge in [0.15, 0.2) is 0 Å². The summed E-state index contributed by atoms with van der Waals surface area (Å²) in [6.45, 7) is 0.228. The van der Waals surface area contributed by atoms with Crippen LogP contribution in [0.2, 0.25) is 5.02 Å². The summed E-state index contributed by atoms with van der Waals surface area (Å²) >= 11 is 6.40. The molecule has 0 unspecified atom stereocenters. The number of rotatable bonds is 5. The lowest BCUT2D eigenvalue weighted by atomic mass is 10.1. The molecular formula is C22H22ClN7O2. The van der Waals surface area contributed by atoms with Crippen molar-refractivity contribution in [3.8, 4) is 0 Å². The molecule has 1 aliphatic rings. The van der Waals surface area contributed by atoms with Gasteiger partial charge in [0, 0.05) is 36.6 Å². The standard InChI is InChI=1S/C22H22ClN7O2/c1-29-20-14(11-26-21(25)28-20)12-30(22(29)32)18-10-16(6-7-17(18)23)27-19(31)8-5-13-3-2-4-15(24)9-13/h2-4,6-7,9-11H,5,8,12,24H2,1H3,(H,27,31)(H2,25,26,28). The normalized spacial score (nSPS) is 13.1. The number of nitrogen functional groups attached to an aromatic ring is 2. The lowest BCUT2D eigenvalue weighted by Crippen LogP contribution is -2.46. The second-order valence-electron chi connectivity index (χ2n) is 7.46. The van der Waals surface area contributed by atoms with Gasteiger partial charge in [0.1, 0.15) is 5.82 Å². The smallest absolute Gasteiger partial charge is 0.330 e. The summed E-state index contributed by atoms with van der Waals surface area (Å²) in [7, 11) is 1.61. The van der Waals surface area contributed by atoms with E-state index in [2.05, 4.69) is 15.3 Å². The molecule has 4 rings (SSSR count). The van der Waals surface area contributed by atoms with Crippen molar-refractivity contribution in [2.75, 3.05) is 33.6 Å². The summed E-state index contributed by atoms with van der Waals surface area (Å²) in [6, 6.07) is 12.1. The topological polar surface area (TPSA) is 130 Å². The van der Waals surface area contributed by atoms with E-state index in [1.807, 2.05) is 18.2 Å². The second-order valence-corrected chi connectivity index (χ2v) is 7.87. The van der Waals surface area contributed by atoms with Gasteiger partial charge in [0.05, 0.1) is 17.3 Å². The lowest BCUT2D eigenvalue weighted by Gasteiger charge is -2.34. The zero-order valence-corrected chi connectivity index (χ0v) is 18.1. The van der Waals surface area contributed by atoms with Gasteiger partial charge in [-0.25, -0.2) is 9.78 Å². The lowest BCUT2D eigenvalue weighted by molar-refractivity contribution is -0.116. The first kappa shape index (κ1) is 21.4. The quantitative estimate of drug-likeness (QED) is 0.509. The first-order valence-corrected chi connectivity index (χ1v) is 10.3. The van der Waals surface area contributed by atoms with Crippen molar-refractivity contribution in [1.82, 2.24) is 9.97 Å². The number of fused-ring (bicyclic) bond motifs is 1. The number of aromatic nitrogens is 2. The zero-order chi connectivity index (χ0) is 22.8. The number of amides is 3.